The van der Waals surface area contributed by atoms with E-state index in [0.717, 1.165) is 11.4 Å². The minimum atomic E-state index is -0.974. The van der Waals surface area contributed by atoms with Crippen LogP contribution in [0.5, 0.6) is 17.2 Å². The third-order valence-electron chi connectivity index (χ3n) is 5.46. The van der Waals surface area contributed by atoms with E-state index in [1.54, 1.807) is 25.1 Å². The van der Waals surface area contributed by atoms with Gasteiger partial charge in [0.1, 0.15) is 6.04 Å². The summed E-state index contributed by atoms with van der Waals surface area (Å²) in [5.74, 6) is 0.175. The molecule has 0 saturated carbocycles. The number of ether oxygens (including phenoxy) is 4. The van der Waals surface area contributed by atoms with Crippen molar-refractivity contribution in [1.29, 1.82) is 5.26 Å². The number of hydrogen-bond donors (Lipinski definition) is 1. The number of rotatable bonds is 10. The monoisotopic (exact) mass is 469 g/mol. The molecule has 1 amide bonds. The highest BCUT2D eigenvalue weighted by Crippen LogP contribution is 2.39. The molecule has 0 saturated heterocycles. The van der Waals surface area contributed by atoms with E-state index in [4.69, 9.17) is 18.9 Å². The minimum absolute atomic E-state index is 0.247. The van der Waals surface area contributed by atoms with E-state index in [2.05, 4.69) is 11.4 Å². The van der Waals surface area contributed by atoms with Crippen LogP contribution in [0.15, 0.2) is 18.2 Å². The standard InChI is InChI=1S/C25H31N3O6/c1-8-28-15(3)18(23(16(28)4)25(30)34-9-2)10-11-22(29)27-19(14-26)17-12-20(31-5)24(33-7)21(13-17)32-6/h10-13,19H,8-9H2,1-7H3,(H,27,29)/b11-10+. The quantitative estimate of drug-likeness (QED) is 0.417. The van der Waals surface area contributed by atoms with E-state index in [-0.39, 0.29) is 6.61 Å². The Labute approximate surface area is 199 Å². The fraction of sp³-hybridized carbons (Fsp3) is 0.400. The number of aromatic nitrogens is 1. The molecule has 1 N–H and O–H groups in total. The summed E-state index contributed by atoms with van der Waals surface area (Å²) in [7, 11) is 4.42. The van der Waals surface area contributed by atoms with Crippen LogP contribution >= 0.6 is 0 Å². The van der Waals surface area contributed by atoms with E-state index in [0.29, 0.717) is 40.5 Å². The van der Waals surface area contributed by atoms with E-state index >= 15 is 0 Å². The molecular weight excluding hydrogens is 438 g/mol. The summed E-state index contributed by atoms with van der Waals surface area (Å²) in [5.41, 5.74) is 3.11. The van der Waals surface area contributed by atoms with Crippen molar-refractivity contribution >= 4 is 18.0 Å². The first-order valence-corrected chi connectivity index (χ1v) is 10.8. The highest BCUT2D eigenvalue weighted by atomic mass is 16.5. The fourth-order valence-corrected chi connectivity index (χ4v) is 3.85. The maximum atomic E-state index is 12.7. The second kappa shape index (κ2) is 11.8. The lowest BCUT2D eigenvalue weighted by molar-refractivity contribution is -0.116. The third kappa shape index (κ3) is 5.34. The van der Waals surface area contributed by atoms with Crippen LogP contribution in [0.3, 0.4) is 0 Å². The highest BCUT2D eigenvalue weighted by Gasteiger charge is 2.23. The van der Waals surface area contributed by atoms with Gasteiger partial charge in [0.05, 0.1) is 39.6 Å². The van der Waals surface area contributed by atoms with Crippen molar-refractivity contribution < 1.29 is 28.5 Å². The lowest BCUT2D eigenvalue weighted by atomic mass is 10.1. The topological polar surface area (TPSA) is 112 Å². The average molecular weight is 470 g/mol. The second-order valence-corrected chi connectivity index (χ2v) is 7.29. The number of benzene rings is 1. The van der Waals surface area contributed by atoms with E-state index in [1.807, 2.05) is 25.3 Å². The van der Waals surface area contributed by atoms with Crippen molar-refractivity contribution in [2.45, 2.75) is 40.3 Å². The number of nitrogens with zero attached hydrogens (tertiary/aromatic N) is 2. The molecule has 0 radical (unpaired) electrons. The van der Waals surface area contributed by atoms with Crippen LogP contribution < -0.4 is 19.5 Å². The Kier molecular flexibility index (Phi) is 9.13. The summed E-state index contributed by atoms with van der Waals surface area (Å²) in [6, 6.07) is 4.31. The Morgan fingerprint density at radius 3 is 2.18 bits per heavy atom. The maximum absolute atomic E-state index is 12.7. The Morgan fingerprint density at radius 1 is 1.09 bits per heavy atom. The van der Waals surface area contributed by atoms with Crippen molar-refractivity contribution in [1.82, 2.24) is 9.88 Å². The molecule has 2 rings (SSSR count). The second-order valence-electron chi connectivity index (χ2n) is 7.29. The van der Waals surface area contributed by atoms with Gasteiger partial charge in [0.15, 0.2) is 11.5 Å². The van der Waals surface area contributed by atoms with Crippen molar-refractivity contribution in [3.63, 3.8) is 0 Å². The molecule has 1 aromatic heterocycles. The number of carbonyl (C=O) groups is 2. The van der Waals surface area contributed by atoms with Crippen molar-refractivity contribution in [3.05, 3.63) is 46.3 Å². The first-order valence-electron chi connectivity index (χ1n) is 10.8. The average Bonchev–Trinajstić information content (AvgIpc) is 3.08. The molecule has 0 spiro atoms. The van der Waals surface area contributed by atoms with Gasteiger partial charge in [0.2, 0.25) is 11.7 Å². The smallest absolute Gasteiger partial charge is 0.340 e. The molecule has 0 aliphatic heterocycles. The van der Waals surface area contributed by atoms with Crippen LogP contribution in [0, 0.1) is 25.2 Å². The molecule has 0 aliphatic carbocycles. The molecule has 1 unspecified atom stereocenters. The number of methoxy groups -OCH3 is 3. The van der Waals surface area contributed by atoms with Gasteiger partial charge in [0.25, 0.3) is 0 Å². The minimum Gasteiger partial charge on any atom is -0.493 e. The molecule has 0 aliphatic rings. The summed E-state index contributed by atoms with van der Waals surface area (Å²) >= 11 is 0. The maximum Gasteiger partial charge on any atom is 0.340 e. The van der Waals surface area contributed by atoms with Gasteiger partial charge in [-0.3, -0.25) is 4.79 Å². The van der Waals surface area contributed by atoms with Crippen LogP contribution in [0.2, 0.25) is 0 Å². The van der Waals surface area contributed by atoms with Crippen LogP contribution in [0.4, 0.5) is 0 Å². The summed E-state index contributed by atoms with van der Waals surface area (Å²) in [6.45, 7) is 8.36. The molecule has 1 atom stereocenters. The van der Waals surface area contributed by atoms with Crippen LogP contribution in [-0.4, -0.2) is 44.4 Å². The molecule has 0 fully saturated rings. The van der Waals surface area contributed by atoms with Gasteiger partial charge in [-0.05, 0) is 51.5 Å². The number of amides is 1. The van der Waals surface area contributed by atoms with E-state index in [9.17, 15) is 14.9 Å². The zero-order valence-corrected chi connectivity index (χ0v) is 20.6. The van der Waals surface area contributed by atoms with Crippen molar-refractivity contribution in [2.24, 2.45) is 0 Å². The van der Waals surface area contributed by atoms with Gasteiger partial charge in [-0.2, -0.15) is 5.26 Å². The van der Waals surface area contributed by atoms with Gasteiger partial charge in [0, 0.05) is 29.6 Å². The lowest BCUT2D eigenvalue weighted by Crippen LogP contribution is -2.25. The van der Waals surface area contributed by atoms with Gasteiger partial charge in [-0.1, -0.05) is 0 Å². The van der Waals surface area contributed by atoms with Crippen LogP contribution in [-0.2, 0) is 16.1 Å². The zero-order chi connectivity index (χ0) is 25.4. The summed E-state index contributed by atoms with van der Waals surface area (Å²) in [6.07, 6.45) is 2.87. The lowest BCUT2D eigenvalue weighted by Gasteiger charge is -2.17. The highest BCUT2D eigenvalue weighted by molar-refractivity contribution is 5.99. The number of hydrogen-bond acceptors (Lipinski definition) is 7. The Balaban J connectivity index is 2.36. The number of nitriles is 1. The SMILES string of the molecule is CCOC(=O)c1c(/C=C/C(=O)NC(C#N)c2cc(OC)c(OC)c(OC)c2)c(C)n(CC)c1C. The van der Waals surface area contributed by atoms with Gasteiger partial charge in [-0.25, -0.2) is 4.79 Å². The molecule has 1 aromatic carbocycles. The largest absolute Gasteiger partial charge is 0.493 e. The molecule has 1 heterocycles. The Morgan fingerprint density at radius 2 is 1.71 bits per heavy atom. The zero-order valence-electron chi connectivity index (χ0n) is 20.6. The molecule has 9 nitrogen and oxygen atoms in total. The van der Waals surface area contributed by atoms with E-state index in [1.165, 1.54) is 27.4 Å². The molecule has 2 aromatic rings. The normalized spacial score (nSPS) is 11.6. The molecule has 0 bridgehead atoms. The summed E-state index contributed by atoms with van der Waals surface area (Å²) in [5, 5.41) is 12.4. The van der Waals surface area contributed by atoms with E-state index < -0.39 is 17.9 Å². The Bertz CT molecular complexity index is 1100. The molecule has 182 valence electrons. The number of esters is 1. The van der Waals surface area contributed by atoms with Crippen LogP contribution in [0.25, 0.3) is 6.08 Å². The Hall–Kier alpha value is -3.93. The van der Waals surface area contributed by atoms with Crippen molar-refractivity contribution in [2.75, 3.05) is 27.9 Å². The van der Waals surface area contributed by atoms with Crippen molar-refractivity contribution in [3.8, 4) is 23.3 Å². The number of nitrogens with one attached hydrogen (secondary N) is 1. The molecule has 34 heavy (non-hydrogen) atoms. The van der Waals surface area contributed by atoms with Gasteiger partial charge >= 0.3 is 5.97 Å². The summed E-state index contributed by atoms with van der Waals surface area (Å²) < 4.78 is 23.2. The van der Waals surface area contributed by atoms with Gasteiger partial charge < -0.3 is 28.8 Å². The third-order valence-corrected chi connectivity index (χ3v) is 5.46. The molecular formula is C25H31N3O6. The predicted octanol–water partition coefficient (Wildman–Crippen LogP) is 3.72. The first kappa shape index (κ1) is 26.3. The number of carbonyl (C=O) groups excluding carboxylic acids is 2. The fourth-order valence-electron chi connectivity index (χ4n) is 3.85. The predicted molar refractivity (Wildman–Crippen MR) is 127 cm³/mol. The molecule has 9 heteroatoms. The van der Waals surface area contributed by atoms with Crippen LogP contribution in [0.1, 0.15) is 52.8 Å². The van der Waals surface area contributed by atoms with Gasteiger partial charge in [-0.15, -0.1) is 0 Å². The first-order chi connectivity index (χ1) is 16.3. The summed E-state index contributed by atoms with van der Waals surface area (Å²) in [4.78, 5) is 25.3.